The van der Waals surface area contributed by atoms with Gasteiger partial charge in [0.15, 0.2) is 0 Å². The summed E-state index contributed by atoms with van der Waals surface area (Å²) in [5.74, 6) is -2.65. The minimum absolute atomic E-state index is 0.0132. The number of carboxylic acid groups (broad SMARTS) is 2. The molecule has 0 bridgehead atoms. The molecule has 166 valence electrons. The highest BCUT2D eigenvalue weighted by molar-refractivity contribution is 9.10. The Hall–Kier alpha value is -3.50. The quantitative estimate of drug-likeness (QED) is 0.362. The second kappa shape index (κ2) is 9.33. The van der Waals surface area contributed by atoms with Crippen LogP contribution in [0.5, 0.6) is 11.5 Å². The van der Waals surface area contributed by atoms with Crippen LogP contribution in [0.3, 0.4) is 0 Å². The number of pyridine rings is 1. The molecule has 5 N–H and O–H groups in total. The highest BCUT2D eigenvalue weighted by atomic mass is 79.9. The first-order valence-electron chi connectivity index (χ1n) is 8.91. The molecule has 0 fully saturated rings. The Labute approximate surface area is 194 Å². The van der Waals surface area contributed by atoms with Crippen molar-refractivity contribution in [1.82, 2.24) is 4.98 Å². The number of rotatable bonds is 7. The van der Waals surface area contributed by atoms with Gasteiger partial charge in [-0.15, -0.1) is 0 Å². The van der Waals surface area contributed by atoms with Gasteiger partial charge in [0.2, 0.25) is 0 Å². The number of carbonyl (C=O) groups is 2. The minimum Gasteiger partial charge on any atom is -0.496 e. The lowest BCUT2D eigenvalue weighted by atomic mass is 9.94. The highest BCUT2D eigenvalue weighted by Gasteiger charge is 2.27. The van der Waals surface area contributed by atoms with Crippen LogP contribution in [0.25, 0.3) is 11.1 Å². The largest absolute Gasteiger partial charge is 0.496 e. The van der Waals surface area contributed by atoms with Gasteiger partial charge in [-0.2, -0.15) is 0 Å². The molecule has 3 rings (SSSR count). The molecule has 0 unspecified atom stereocenters. The molecule has 0 amide bonds. The van der Waals surface area contributed by atoms with Crippen molar-refractivity contribution < 1.29 is 29.3 Å². The molecule has 1 heterocycles. The molecule has 0 atom stereocenters. The third-order valence-electron chi connectivity index (χ3n) is 4.52. The number of H-pyrrole nitrogens is 1. The van der Waals surface area contributed by atoms with Gasteiger partial charge in [0, 0.05) is 16.1 Å². The predicted molar refractivity (Wildman–Crippen MR) is 121 cm³/mol. The summed E-state index contributed by atoms with van der Waals surface area (Å²) in [6.07, 6.45) is 0. The number of halogens is 2. The van der Waals surface area contributed by atoms with Crippen LogP contribution in [-0.4, -0.2) is 34.2 Å². The molecule has 1 aromatic heterocycles. The molecule has 0 saturated carbocycles. The molecule has 0 radical (unpaired) electrons. The number of nitrogen functional groups attached to an aromatic ring is 1. The standard InChI is InChI=1S/C21H16BrClN2O7/c1-31-13-4-2-9(6-10(13)8-32-14-5-3-11(23)7-12(14)22)15-16(20(27)28)18(24)25-19(26)17(15)21(29)30/h2-7H,8H2,1H3,(H,27,28)(H,29,30)(H3,24,25,26). The van der Waals surface area contributed by atoms with E-state index in [1.165, 1.54) is 25.3 Å². The van der Waals surface area contributed by atoms with Crippen molar-refractivity contribution in [2.45, 2.75) is 6.61 Å². The second-order valence-electron chi connectivity index (χ2n) is 6.49. The number of anilines is 1. The summed E-state index contributed by atoms with van der Waals surface area (Å²) < 4.78 is 11.8. The van der Waals surface area contributed by atoms with Crippen LogP contribution in [0.4, 0.5) is 5.82 Å². The Morgan fingerprint density at radius 2 is 1.75 bits per heavy atom. The zero-order valence-electron chi connectivity index (χ0n) is 16.4. The Balaban J connectivity index is 2.15. The summed E-state index contributed by atoms with van der Waals surface area (Å²) in [6, 6.07) is 9.39. The average molecular weight is 524 g/mol. The molecule has 0 spiro atoms. The van der Waals surface area contributed by atoms with Gasteiger partial charge in [0.1, 0.15) is 35.1 Å². The first kappa shape index (κ1) is 23.2. The first-order valence-corrected chi connectivity index (χ1v) is 10.1. The summed E-state index contributed by atoms with van der Waals surface area (Å²) in [4.78, 5) is 37.9. The van der Waals surface area contributed by atoms with Gasteiger partial charge >= 0.3 is 11.9 Å². The van der Waals surface area contributed by atoms with E-state index in [0.29, 0.717) is 26.6 Å². The third-order valence-corrected chi connectivity index (χ3v) is 5.37. The maximum atomic E-state index is 12.3. The number of hydrogen-bond donors (Lipinski definition) is 4. The molecule has 0 aliphatic rings. The van der Waals surface area contributed by atoms with Gasteiger partial charge in [-0.25, -0.2) is 9.59 Å². The Morgan fingerprint density at radius 3 is 2.34 bits per heavy atom. The number of hydrogen-bond acceptors (Lipinski definition) is 6. The van der Waals surface area contributed by atoms with Crippen LogP contribution in [0.1, 0.15) is 26.3 Å². The number of ether oxygens (including phenoxy) is 2. The summed E-state index contributed by atoms with van der Waals surface area (Å²) in [6.45, 7) is -0.0132. The molecule has 9 nitrogen and oxygen atoms in total. The minimum atomic E-state index is -1.59. The fraction of sp³-hybridized carbons (Fsp3) is 0.0952. The summed E-state index contributed by atoms with van der Waals surface area (Å²) in [7, 11) is 1.44. The number of methoxy groups -OCH3 is 1. The smallest absolute Gasteiger partial charge is 0.342 e. The summed E-state index contributed by atoms with van der Waals surface area (Å²) >= 11 is 9.29. The highest BCUT2D eigenvalue weighted by Crippen LogP contribution is 2.34. The molecule has 32 heavy (non-hydrogen) atoms. The lowest BCUT2D eigenvalue weighted by Gasteiger charge is -2.16. The van der Waals surface area contributed by atoms with E-state index in [1.807, 2.05) is 0 Å². The third kappa shape index (κ3) is 4.56. The zero-order valence-corrected chi connectivity index (χ0v) is 18.8. The van der Waals surface area contributed by atoms with E-state index in [-0.39, 0.29) is 17.7 Å². The monoisotopic (exact) mass is 522 g/mol. The van der Waals surface area contributed by atoms with Crippen LogP contribution in [0.2, 0.25) is 5.02 Å². The van der Waals surface area contributed by atoms with Crippen LogP contribution >= 0.6 is 27.5 Å². The maximum absolute atomic E-state index is 12.3. The lowest BCUT2D eigenvalue weighted by Crippen LogP contribution is -2.24. The van der Waals surface area contributed by atoms with Crippen molar-refractivity contribution in [3.8, 4) is 22.6 Å². The summed E-state index contributed by atoms with van der Waals surface area (Å²) in [5, 5.41) is 19.7. The topological polar surface area (TPSA) is 152 Å². The van der Waals surface area contributed by atoms with E-state index >= 15 is 0 Å². The number of aromatic nitrogens is 1. The molecule has 0 aliphatic carbocycles. The Kier molecular flexibility index (Phi) is 6.75. The lowest BCUT2D eigenvalue weighted by molar-refractivity contribution is 0.0695. The number of aromatic carboxylic acids is 2. The molecule has 0 saturated heterocycles. The molecule has 3 aromatic rings. The summed E-state index contributed by atoms with van der Waals surface area (Å²) in [5.41, 5.74) is 3.70. The van der Waals surface area contributed by atoms with Gasteiger partial charge in [-0.3, -0.25) is 4.79 Å². The van der Waals surface area contributed by atoms with E-state index in [2.05, 4.69) is 20.9 Å². The zero-order chi connectivity index (χ0) is 23.6. The second-order valence-corrected chi connectivity index (χ2v) is 7.78. The fourth-order valence-corrected chi connectivity index (χ4v) is 3.93. The number of nitrogens with one attached hydrogen (secondary N) is 1. The first-order chi connectivity index (χ1) is 15.1. The van der Waals surface area contributed by atoms with Crippen molar-refractivity contribution in [2.24, 2.45) is 0 Å². The molecular formula is C21H16BrClN2O7. The van der Waals surface area contributed by atoms with Crippen LogP contribution < -0.4 is 20.8 Å². The van der Waals surface area contributed by atoms with Gasteiger partial charge in [0.05, 0.1) is 11.6 Å². The normalized spacial score (nSPS) is 10.6. The average Bonchev–Trinajstić information content (AvgIpc) is 2.71. The van der Waals surface area contributed by atoms with E-state index in [1.54, 1.807) is 18.2 Å². The van der Waals surface area contributed by atoms with Crippen LogP contribution in [0, 0.1) is 0 Å². The number of nitrogens with two attached hydrogens (primary N) is 1. The Bertz CT molecular complexity index is 1290. The van der Waals surface area contributed by atoms with Crippen LogP contribution in [0.15, 0.2) is 45.7 Å². The predicted octanol–water partition coefficient (Wildman–Crippen LogP) is 4.02. The molecule has 0 aliphatic heterocycles. The number of benzene rings is 2. The Morgan fingerprint density at radius 1 is 1.09 bits per heavy atom. The molecule has 11 heteroatoms. The van der Waals surface area contributed by atoms with E-state index in [4.69, 9.17) is 26.8 Å². The number of carboxylic acids is 2. The van der Waals surface area contributed by atoms with Crippen molar-refractivity contribution in [2.75, 3.05) is 12.8 Å². The van der Waals surface area contributed by atoms with E-state index in [0.717, 1.165) is 0 Å². The van der Waals surface area contributed by atoms with Crippen LogP contribution in [-0.2, 0) is 6.61 Å². The maximum Gasteiger partial charge on any atom is 0.342 e. The fourth-order valence-electron chi connectivity index (χ4n) is 3.13. The SMILES string of the molecule is COc1ccc(-c2c(C(=O)O)c(N)[nH]c(=O)c2C(=O)O)cc1COc1ccc(Cl)cc1Br. The molecular weight excluding hydrogens is 508 g/mol. The van der Waals surface area contributed by atoms with E-state index in [9.17, 15) is 24.6 Å². The van der Waals surface area contributed by atoms with Gasteiger partial charge in [-0.05, 0) is 51.8 Å². The van der Waals surface area contributed by atoms with Gasteiger partial charge in [0.25, 0.3) is 5.56 Å². The number of aromatic amines is 1. The van der Waals surface area contributed by atoms with Crippen molar-refractivity contribution >= 4 is 45.3 Å². The van der Waals surface area contributed by atoms with Crippen molar-refractivity contribution in [1.29, 1.82) is 0 Å². The molecule has 2 aromatic carbocycles. The van der Waals surface area contributed by atoms with E-state index < -0.39 is 34.4 Å². The van der Waals surface area contributed by atoms with Gasteiger partial charge in [-0.1, -0.05) is 17.7 Å². The van der Waals surface area contributed by atoms with Crippen molar-refractivity contribution in [3.63, 3.8) is 0 Å². The van der Waals surface area contributed by atoms with Crippen molar-refractivity contribution in [3.05, 3.63) is 72.9 Å². The van der Waals surface area contributed by atoms with Gasteiger partial charge < -0.3 is 30.4 Å².